The maximum atomic E-state index is 11.9. The molecule has 2 aliphatic rings. The minimum absolute atomic E-state index is 0.0647. The Morgan fingerprint density at radius 3 is 2.83 bits per heavy atom. The molecule has 0 spiro atoms. The lowest BCUT2D eigenvalue weighted by Gasteiger charge is -2.34. The van der Waals surface area contributed by atoms with Gasteiger partial charge < -0.3 is 15.0 Å². The third kappa shape index (κ3) is 3.76. The van der Waals surface area contributed by atoms with Crippen LogP contribution in [0.5, 0.6) is 0 Å². The van der Waals surface area contributed by atoms with Crippen molar-refractivity contribution in [3.63, 3.8) is 0 Å². The number of amides is 1. The van der Waals surface area contributed by atoms with Crippen LogP contribution >= 0.6 is 0 Å². The molecule has 1 amide bonds. The molecule has 1 N–H and O–H groups in total. The van der Waals surface area contributed by atoms with Gasteiger partial charge >= 0.3 is 12.3 Å². The zero-order chi connectivity index (χ0) is 13.2. The molecule has 104 valence electrons. The molecule has 0 aliphatic carbocycles. The molecule has 2 aliphatic heterocycles. The van der Waals surface area contributed by atoms with E-state index in [-0.39, 0.29) is 6.04 Å². The topological polar surface area (TPSA) is 41.6 Å². The maximum Gasteiger partial charge on any atom is 0.422 e. The summed E-state index contributed by atoms with van der Waals surface area (Å²) in [4.78, 5) is 13.6. The number of hydrogen-bond donors (Lipinski definition) is 1. The molecule has 4 nitrogen and oxygen atoms in total. The number of ether oxygens (including phenoxy) is 1. The summed E-state index contributed by atoms with van der Waals surface area (Å²) in [7, 11) is 0. The van der Waals surface area contributed by atoms with Crippen molar-refractivity contribution in [2.75, 3.05) is 19.7 Å². The fourth-order valence-corrected chi connectivity index (χ4v) is 2.71. The molecule has 18 heavy (non-hydrogen) atoms. The van der Waals surface area contributed by atoms with Crippen LogP contribution in [0.4, 0.5) is 18.0 Å². The second-order valence-electron chi connectivity index (χ2n) is 4.89. The van der Waals surface area contributed by atoms with Crippen LogP contribution in [0.3, 0.4) is 0 Å². The van der Waals surface area contributed by atoms with Gasteiger partial charge in [0, 0.05) is 18.6 Å². The second-order valence-corrected chi connectivity index (χ2v) is 4.89. The molecule has 2 saturated heterocycles. The van der Waals surface area contributed by atoms with E-state index in [0.29, 0.717) is 6.04 Å². The van der Waals surface area contributed by atoms with Crippen LogP contribution < -0.4 is 5.32 Å². The summed E-state index contributed by atoms with van der Waals surface area (Å²) in [5, 5.41) is 2.52. The summed E-state index contributed by atoms with van der Waals surface area (Å²) < 4.78 is 39.7. The molecule has 2 heterocycles. The number of halogens is 3. The van der Waals surface area contributed by atoms with E-state index >= 15 is 0 Å². The third-order valence-corrected chi connectivity index (χ3v) is 3.51. The maximum absolute atomic E-state index is 11.9. The van der Waals surface area contributed by atoms with Crippen LogP contribution in [0.15, 0.2) is 0 Å². The average molecular weight is 266 g/mol. The van der Waals surface area contributed by atoms with Crippen LogP contribution in [0.1, 0.15) is 25.7 Å². The van der Waals surface area contributed by atoms with Crippen molar-refractivity contribution in [2.45, 2.75) is 43.9 Å². The second kappa shape index (κ2) is 5.34. The van der Waals surface area contributed by atoms with Crippen LogP contribution in [0, 0.1) is 0 Å². The molecule has 7 heteroatoms. The number of fused-ring (bicyclic) bond motifs is 1. The lowest BCUT2D eigenvalue weighted by Crippen LogP contribution is -2.47. The van der Waals surface area contributed by atoms with E-state index in [2.05, 4.69) is 15.0 Å². The molecule has 0 radical (unpaired) electrons. The number of carbonyl (C=O) groups excluding carboxylic acids is 1. The zero-order valence-electron chi connectivity index (χ0n) is 10.0. The van der Waals surface area contributed by atoms with E-state index in [4.69, 9.17) is 0 Å². The number of piperidine rings is 1. The van der Waals surface area contributed by atoms with Crippen LogP contribution in [-0.2, 0) is 4.74 Å². The monoisotopic (exact) mass is 266 g/mol. The fourth-order valence-electron chi connectivity index (χ4n) is 2.71. The number of alkyl carbamates (subject to hydrolysis) is 1. The summed E-state index contributed by atoms with van der Waals surface area (Å²) in [5.74, 6) is 0. The van der Waals surface area contributed by atoms with E-state index in [1.807, 2.05) is 0 Å². The Hall–Kier alpha value is -0.980. The number of alkyl halides is 3. The van der Waals surface area contributed by atoms with E-state index in [9.17, 15) is 18.0 Å². The molecule has 0 bridgehead atoms. The van der Waals surface area contributed by atoms with Crippen molar-refractivity contribution < 1.29 is 22.7 Å². The van der Waals surface area contributed by atoms with Crippen molar-refractivity contribution in [1.82, 2.24) is 10.2 Å². The van der Waals surface area contributed by atoms with Crippen molar-refractivity contribution in [1.29, 1.82) is 0 Å². The van der Waals surface area contributed by atoms with Crippen molar-refractivity contribution in [3.8, 4) is 0 Å². The first-order valence-electron chi connectivity index (χ1n) is 6.18. The van der Waals surface area contributed by atoms with E-state index in [1.165, 1.54) is 0 Å². The smallest absolute Gasteiger partial charge is 0.422 e. The van der Waals surface area contributed by atoms with Gasteiger partial charge in [-0.15, -0.1) is 0 Å². The SMILES string of the molecule is O=C(NC1CCN2CCCC2C1)OCC(F)(F)F. The first-order chi connectivity index (χ1) is 8.44. The number of hydrogen-bond acceptors (Lipinski definition) is 3. The molecular formula is C11H17F3N2O2. The van der Waals surface area contributed by atoms with Gasteiger partial charge in [0.25, 0.3) is 0 Å². The summed E-state index contributed by atoms with van der Waals surface area (Å²) in [6, 6.07) is 0.400. The van der Waals surface area contributed by atoms with E-state index in [0.717, 1.165) is 38.8 Å². The van der Waals surface area contributed by atoms with Crippen LogP contribution in [-0.4, -0.2) is 48.9 Å². The highest BCUT2D eigenvalue weighted by atomic mass is 19.4. The van der Waals surface area contributed by atoms with Gasteiger partial charge in [-0.1, -0.05) is 0 Å². The Bertz CT molecular complexity index is 309. The molecule has 2 unspecified atom stereocenters. The largest absolute Gasteiger partial charge is 0.440 e. The fraction of sp³-hybridized carbons (Fsp3) is 0.909. The summed E-state index contributed by atoms with van der Waals surface area (Å²) in [6.45, 7) is 0.464. The molecule has 2 fully saturated rings. The third-order valence-electron chi connectivity index (χ3n) is 3.51. The highest BCUT2D eigenvalue weighted by molar-refractivity contribution is 5.67. The Labute approximate surface area is 103 Å². The molecule has 0 saturated carbocycles. The van der Waals surface area contributed by atoms with Crippen LogP contribution in [0.2, 0.25) is 0 Å². The van der Waals surface area contributed by atoms with Crippen molar-refractivity contribution >= 4 is 6.09 Å². The number of nitrogens with one attached hydrogen (secondary N) is 1. The van der Waals surface area contributed by atoms with Gasteiger partial charge in [-0.25, -0.2) is 4.79 Å². The summed E-state index contributed by atoms with van der Waals surface area (Å²) in [6.07, 6.45) is -1.58. The molecular weight excluding hydrogens is 249 g/mol. The predicted molar refractivity (Wildman–Crippen MR) is 58.2 cm³/mol. The minimum Gasteiger partial charge on any atom is -0.440 e. The molecule has 0 aromatic rings. The normalized spacial score (nSPS) is 28.8. The number of rotatable bonds is 2. The average Bonchev–Trinajstić information content (AvgIpc) is 2.72. The standard InChI is InChI=1S/C11H17F3N2O2/c12-11(13,14)7-18-10(17)15-8-3-5-16-4-1-2-9(16)6-8/h8-9H,1-7H2,(H,15,17). The number of nitrogens with zero attached hydrogens (tertiary/aromatic N) is 1. The number of carbonyl (C=O) groups is 1. The first-order valence-corrected chi connectivity index (χ1v) is 6.18. The van der Waals surface area contributed by atoms with Crippen molar-refractivity contribution in [3.05, 3.63) is 0 Å². The Balaban J connectivity index is 1.71. The highest BCUT2D eigenvalue weighted by Crippen LogP contribution is 2.26. The minimum atomic E-state index is -4.47. The van der Waals surface area contributed by atoms with Gasteiger partial charge in [0.2, 0.25) is 0 Å². The Morgan fingerprint density at radius 1 is 1.33 bits per heavy atom. The Morgan fingerprint density at radius 2 is 2.11 bits per heavy atom. The van der Waals surface area contributed by atoms with Gasteiger partial charge in [0.1, 0.15) is 0 Å². The lowest BCUT2D eigenvalue weighted by atomic mass is 9.98. The molecule has 2 atom stereocenters. The van der Waals surface area contributed by atoms with Gasteiger partial charge in [-0.3, -0.25) is 0 Å². The molecule has 2 rings (SSSR count). The van der Waals surface area contributed by atoms with Gasteiger partial charge in [0.05, 0.1) is 0 Å². The molecule has 0 aromatic carbocycles. The highest BCUT2D eigenvalue weighted by Gasteiger charge is 2.33. The van der Waals surface area contributed by atoms with E-state index in [1.54, 1.807) is 0 Å². The Kier molecular flexibility index (Phi) is 3.99. The zero-order valence-corrected chi connectivity index (χ0v) is 10.0. The molecule has 0 aromatic heterocycles. The van der Waals surface area contributed by atoms with Gasteiger partial charge in [0.15, 0.2) is 6.61 Å². The van der Waals surface area contributed by atoms with Gasteiger partial charge in [-0.05, 0) is 32.2 Å². The quantitative estimate of drug-likeness (QED) is 0.830. The lowest BCUT2D eigenvalue weighted by molar-refractivity contribution is -0.160. The first kappa shape index (κ1) is 13.5. The summed E-state index contributed by atoms with van der Waals surface area (Å²) in [5.41, 5.74) is 0. The van der Waals surface area contributed by atoms with Crippen molar-refractivity contribution in [2.24, 2.45) is 0 Å². The predicted octanol–water partition coefficient (Wildman–Crippen LogP) is 1.90. The van der Waals surface area contributed by atoms with E-state index < -0.39 is 18.9 Å². The van der Waals surface area contributed by atoms with Crippen LogP contribution in [0.25, 0.3) is 0 Å². The van der Waals surface area contributed by atoms with Gasteiger partial charge in [-0.2, -0.15) is 13.2 Å². The summed E-state index contributed by atoms with van der Waals surface area (Å²) >= 11 is 0.